The molecule has 0 unspecified atom stereocenters. The number of likely N-dealkylation sites (N-methyl/N-ethyl adjacent to an activating group) is 1. The van der Waals surface area contributed by atoms with E-state index in [9.17, 15) is 14.4 Å². The van der Waals surface area contributed by atoms with Gasteiger partial charge in [0.15, 0.2) is 0 Å². The largest absolute Gasteiger partial charge is 0.359 e. The molecule has 2 bridgehead atoms. The molecule has 6 rings (SSSR count). The van der Waals surface area contributed by atoms with Crippen molar-refractivity contribution in [1.82, 2.24) is 20.0 Å². The summed E-state index contributed by atoms with van der Waals surface area (Å²) in [6.45, 7) is 12.7. The van der Waals surface area contributed by atoms with Gasteiger partial charge in [-0.1, -0.05) is 51.8 Å². The number of hydrogen-bond acceptors (Lipinski definition) is 7. The van der Waals surface area contributed by atoms with Crippen molar-refractivity contribution in [2.45, 2.75) is 68.7 Å². The van der Waals surface area contributed by atoms with E-state index in [1.807, 2.05) is 42.7 Å². The van der Waals surface area contributed by atoms with Gasteiger partial charge < -0.3 is 25.2 Å². The van der Waals surface area contributed by atoms with E-state index in [2.05, 4.69) is 41.2 Å². The molecule has 0 radical (unpaired) electrons. The molecule has 1 aliphatic carbocycles. The van der Waals surface area contributed by atoms with Crippen molar-refractivity contribution in [3.63, 3.8) is 0 Å². The third kappa shape index (κ3) is 5.64. The monoisotopic (exact) mass is 609 g/mol. The summed E-state index contributed by atoms with van der Waals surface area (Å²) >= 11 is 1.61. The number of nitrogens with zero attached hydrogens (tertiary/aromatic N) is 3. The molecule has 4 heterocycles. The fourth-order valence-electron chi connectivity index (χ4n) is 8.06. The predicted molar refractivity (Wildman–Crippen MR) is 169 cm³/mol. The SMILES string of the molecule is CCN1CCN(CCN2C(=O)[C@H]3[C@H](C(=O)Nc4cccc(SC)c4)[C@H]4C=C[C@@]3(O4)[C@@H]2C(=O)N[C@@H]2CCC[C@@H](C)[C@H]2C)CC1. The number of anilines is 1. The van der Waals surface area contributed by atoms with Gasteiger partial charge in [-0.3, -0.25) is 19.3 Å². The van der Waals surface area contributed by atoms with Gasteiger partial charge in [-0.25, -0.2) is 0 Å². The fourth-order valence-corrected chi connectivity index (χ4v) is 8.52. The summed E-state index contributed by atoms with van der Waals surface area (Å²) in [7, 11) is 0. The Morgan fingerprint density at radius 3 is 2.58 bits per heavy atom. The van der Waals surface area contributed by atoms with Gasteiger partial charge in [0.05, 0.1) is 17.9 Å². The predicted octanol–water partition coefficient (Wildman–Crippen LogP) is 3.08. The molecule has 1 spiro atoms. The minimum Gasteiger partial charge on any atom is -0.359 e. The maximum atomic E-state index is 14.4. The minimum atomic E-state index is -1.14. The first-order valence-electron chi connectivity index (χ1n) is 16.1. The second-order valence-electron chi connectivity index (χ2n) is 13.1. The van der Waals surface area contributed by atoms with E-state index in [0.717, 1.165) is 50.5 Å². The molecule has 8 atom stereocenters. The molecule has 2 N–H and O–H groups in total. The lowest BCUT2D eigenvalue weighted by Crippen LogP contribution is -2.58. The zero-order valence-electron chi connectivity index (χ0n) is 26.0. The first kappa shape index (κ1) is 30.6. The van der Waals surface area contributed by atoms with Crippen molar-refractivity contribution in [2.75, 3.05) is 57.4 Å². The Morgan fingerprint density at radius 1 is 1.07 bits per heavy atom. The molecule has 3 amide bonds. The van der Waals surface area contributed by atoms with Crippen molar-refractivity contribution in [1.29, 1.82) is 0 Å². The number of carbonyl (C=O) groups excluding carboxylic acids is 3. The van der Waals surface area contributed by atoms with Crippen LogP contribution in [0.4, 0.5) is 5.69 Å². The van der Waals surface area contributed by atoms with Crippen LogP contribution in [0.3, 0.4) is 0 Å². The van der Waals surface area contributed by atoms with Crippen LogP contribution in [0, 0.1) is 23.7 Å². The third-order valence-corrected chi connectivity index (χ3v) is 11.6. The maximum absolute atomic E-state index is 14.4. The first-order valence-corrected chi connectivity index (χ1v) is 17.4. The standard InChI is InChI=1S/C33H47N5O4S/c1-5-36-14-16-37(17-15-36)18-19-38-29(31(40)35-25-11-6-8-21(2)22(25)3)33-13-12-26(42-33)27(28(33)32(38)41)30(39)34-23-9-7-10-24(20-23)43-4/h7,9-10,12-13,20-22,25-29H,5-6,8,11,14-19H2,1-4H3,(H,34,39)(H,35,40)/t21-,22-,25-,26-,27-,28-,29+,33+/m1/s1. The van der Waals surface area contributed by atoms with E-state index in [4.69, 9.17) is 4.74 Å². The van der Waals surface area contributed by atoms with Crippen LogP contribution in [0.1, 0.15) is 40.0 Å². The Kier molecular flexibility index (Phi) is 8.93. The molecule has 1 aromatic carbocycles. The van der Waals surface area contributed by atoms with Crippen molar-refractivity contribution in [3.05, 3.63) is 36.4 Å². The number of likely N-dealkylation sites (tertiary alicyclic amines) is 1. The van der Waals surface area contributed by atoms with Gasteiger partial charge in [-0.15, -0.1) is 11.8 Å². The molecule has 43 heavy (non-hydrogen) atoms. The molecule has 9 nitrogen and oxygen atoms in total. The van der Waals surface area contributed by atoms with Crippen LogP contribution in [-0.4, -0.2) is 108 Å². The Bertz CT molecular complexity index is 1250. The molecule has 4 aliphatic heterocycles. The van der Waals surface area contributed by atoms with Gasteiger partial charge in [0.25, 0.3) is 0 Å². The van der Waals surface area contributed by atoms with Gasteiger partial charge in [0.2, 0.25) is 17.7 Å². The number of amides is 3. The highest BCUT2D eigenvalue weighted by molar-refractivity contribution is 7.98. The van der Waals surface area contributed by atoms with E-state index in [1.165, 1.54) is 6.42 Å². The maximum Gasteiger partial charge on any atom is 0.246 e. The Balaban J connectivity index is 1.25. The van der Waals surface area contributed by atoms with Gasteiger partial charge in [0, 0.05) is 55.9 Å². The highest BCUT2D eigenvalue weighted by Crippen LogP contribution is 2.55. The van der Waals surface area contributed by atoms with Crippen LogP contribution in [0.2, 0.25) is 0 Å². The number of ether oxygens (including phenoxy) is 1. The molecule has 3 saturated heterocycles. The summed E-state index contributed by atoms with van der Waals surface area (Å²) in [5.74, 6) is -1.08. The number of hydrogen-bond donors (Lipinski definition) is 2. The molecule has 1 aromatic rings. The normalized spacial score (nSPS) is 35.8. The van der Waals surface area contributed by atoms with E-state index in [0.29, 0.717) is 30.6 Å². The summed E-state index contributed by atoms with van der Waals surface area (Å²) in [6, 6.07) is 6.97. The second kappa shape index (κ2) is 12.5. The zero-order chi connectivity index (χ0) is 30.3. The summed E-state index contributed by atoms with van der Waals surface area (Å²) in [5.41, 5.74) is -0.444. The number of fused-ring (bicyclic) bond motifs is 1. The lowest BCUT2D eigenvalue weighted by molar-refractivity contribution is -0.142. The number of benzene rings is 1. The average molecular weight is 610 g/mol. The molecule has 1 saturated carbocycles. The Labute approximate surface area is 260 Å². The highest BCUT2D eigenvalue weighted by Gasteiger charge is 2.72. The summed E-state index contributed by atoms with van der Waals surface area (Å²) in [6.07, 6.45) is 8.46. The molecular weight excluding hydrogens is 562 g/mol. The molecule has 4 fully saturated rings. The van der Waals surface area contributed by atoms with Crippen LogP contribution in [0.15, 0.2) is 41.3 Å². The van der Waals surface area contributed by atoms with Crippen LogP contribution in [0.5, 0.6) is 0 Å². The number of rotatable bonds is 9. The molecule has 0 aromatic heterocycles. The molecular formula is C33H47N5O4S. The van der Waals surface area contributed by atoms with Gasteiger partial charge in [0.1, 0.15) is 11.6 Å². The van der Waals surface area contributed by atoms with Gasteiger partial charge in [-0.2, -0.15) is 0 Å². The summed E-state index contributed by atoms with van der Waals surface area (Å²) < 4.78 is 6.57. The van der Waals surface area contributed by atoms with E-state index >= 15 is 0 Å². The smallest absolute Gasteiger partial charge is 0.246 e. The van der Waals surface area contributed by atoms with Gasteiger partial charge in [-0.05, 0) is 49.3 Å². The molecule has 10 heteroatoms. The fraction of sp³-hybridized carbons (Fsp3) is 0.667. The van der Waals surface area contributed by atoms with Crippen LogP contribution in [0.25, 0.3) is 0 Å². The van der Waals surface area contributed by atoms with Crippen molar-refractivity contribution in [2.24, 2.45) is 23.7 Å². The number of piperazine rings is 1. The lowest BCUT2D eigenvalue weighted by Gasteiger charge is -2.39. The topological polar surface area (TPSA) is 94.2 Å². The second-order valence-corrected chi connectivity index (χ2v) is 14.0. The average Bonchev–Trinajstić information content (AvgIpc) is 3.66. The first-order chi connectivity index (χ1) is 20.8. The van der Waals surface area contributed by atoms with Crippen LogP contribution >= 0.6 is 11.8 Å². The number of thioether (sulfide) groups is 1. The van der Waals surface area contributed by atoms with Crippen molar-refractivity contribution >= 4 is 35.2 Å². The third-order valence-electron chi connectivity index (χ3n) is 10.9. The molecule has 234 valence electrons. The van der Waals surface area contributed by atoms with Gasteiger partial charge >= 0.3 is 0 Å². The quantitative estimate of drug-likeness (QED) is 0.328. The van der Waals surface area contributed by atoms with Crippen molar-refractivity contribution in [3.8, 4) is 0 Å². The van der Waals surface area contributed by atoms with E-state index in [1.54, 1.807) is 16.7 Å². The zero-order valence-corrected chi connectivity index (χ0v) is 26.8. The molecule has 5 aliphatic rings. The summed E-state index contributed by atoms with van der Waals surface area (Å²) in [4.78, 5) is 50.0. The number of carbonyl (C=O) groups is 3. The lowest BCUT2D eigenvalue weighted by atomic mass is 9.73. The number of nitrogens with one attached hydrogen (secondary N) is 2. The van der Waals surface area contributed by atoms with Crippen LogP contribution in [-0.2, 0) is 19.1 Å². The van der Waals surface area contributed by atoms with Crippen LogP contribution < -0.4 is 10.6 Å². The van der Waals surface area contributed by atoms with E-state index < -0.39 is 29.6 Å². The van der Waals surface area contributed by atoms with Crippen molar-refractivity contribution < 1.29 is 19.1 Å². The summed E-state index contributed by atoms with van der Waals surface area (Å²) in [5, 5.41) is 6.41. The Hall–Kier alpha value is -2.40. The van der Waals surface area contributed by atoms with E-state index in [-0.39, 0.29) is 23.8 Å². The Morgan fingerprint density at radius 2 is 1.84 bits per heavy atom. The minimum absolute atomic E-state index is 0.0659. The highest BCUT2D eigenvalue weighted by atomic mass is 32.2.